The number of hydrogen-bond donors (Lipinski definition) is 1. The molecule has 0 saturated heterocycles. The first-order valence-electron chi connectivity index (χ1n) is 8.04. The van der Waals surface area contributed by atoms with Crippen LogP contribution in [0.5, 0.6) is 0 Å². The third kappa shape index (κ3) is 5.45. The molecule has 26 heavy (non-hydrogen) atoms. The summed E-state index contributed by atoms with van der Waals surface area (Å²) in [5.74, 6) is -0.402. The van der Waals surface area contributed by atoms with E-state index in [2.05, 4.69) is 5.32 Å². The van der Waals surface area contributed by atoms with Crippen molar-refractivity contribution in [1.82, 2.24) is 5.32 Å². The number of amides is 1. The van der Waals surface area contributed by atoms with E-state index in [9.17, 15) is 13.2 Å². The van der Waals surface area contributed by atoms with Crippen LogP contribution < -0.4 is 9.62 Å². The molecule has 0 fully saturated rings. The van der Waals surface area contributed by atoms with E-state index in [0.29, 0.717) is 30.3 Å². The van der Waals surface area contributed by atoms with Crippen molar-refractivity contribution >= 4 is 33.2 Å². The molecule has 2 aromatic carbocycles. The lowest BCUT2D eigenvalue weighted by atomic mass is 10.3. The highest BCUT2D eigenvalue weighted by molar-refractivity contribution is 7.92. The van der Waals surface area contributed by atoms with E-state index in [1.165, 1.54) is 18.2 Å². The number of sulfonamides is 1. The molecule has 1 amide bonds. The number of nitrogens with zero attached hydrogens (tertiary/aromatic N) is 1. The van der Waals surface area contributed by atoms with Crippen molar-refractivity contribution in [2.75, 3.05) is 31.1 Å². The molecule has 0 spiro atoms. The fourth-order valence-corrected chi connectivity index (χ4v) is 3.92. The monoisotopic (exact) mass is 396 g/mol. The van der Waals surface area contributed by atoms with Crippen molar-refractivity contribution in [3.8, 4) is 0 Å². The lowest BCUT2D eigenvalue weighted by Crippen LogP contribution is -2.41. The van der Waals surface area contributed by atoms with Gasteiger partial charge in [0.2, 0.25) is 5.91 Å². The Balaban J connectivity index is 2.27. The second-order valence-electron chi connectivity index (χ2n) is 5.50. The Morgan fingerprint density at radius 3 is 2.54 bits per heavy atom. The first-order chi connectivity index (χ1) is 12.4. The van der Waals surface area contributed by atoms with Gasteiger partial charge in [0.1, 0.15) is 6.54 Å². The summed E-state index contributed by atoms with van der Waals surface area (Å²) >= 11 is 6.00. The van der Waals surface area contributed by atoms with E-state index >= 15 is 0 Å². The maximum absolute atomic E-state index is 13.0. The topological polar surface area (TPSA) is 75.7 Å². The molecule has 6 nitrogen and oxygen atoms in total. The van der Waals surface area contributed by atoms with Crippen LogP contribution >= 0.6 is 11.6 Å². The highest BCUT2D eigenvalue weighted by atomic mass is 35.5. The molecule has 0 unspecified atom stereocenters. The number of benzene rings is 2. The molecule has 140 valence electrons. The third-order valence-electron chi connectivity index (χ3n) is 3.56. The Bertz CT molecular complexity index is 828. The predicted molar refractivity (Wildman–Crippen MR) is 102 cm³/mol. The van der Waals surface area contributed by atoms with Crippen LogP contribution in [0.1, 0.15) is 6.42 Å². The molecule has 1 N–H and O–H groups in total. The van der Waals surface area contributed by atoms with Crippen molar-refractivity contribution in [1.29, 1.82) is 0 Å². The van der Waals surface area contributed by atoms with Gasteiger partial charge >= 0.3 is 0 Å². The summed E-state index contributed by atoms with van der Waals surface area (Å²) in [4.78, 5) is 12.4. The number of methoxy groups -OCH3 is 1. The van der Waals surface area contributed by atoms with Crippen LogP contribution in [-0.4, -0.2) is 41.1 Å². The Kier molecular flexibility index (Phi) is 7.44. The highest BCUT2D eigenvalue weighted by Crippen LogP contribution is 2.25. The van der Waals surface area contributed by atoms with E-state index in [4.69, 9.17) is 16.3 Å². The van der Waals surface area contributed by atoms with Crippen LogP contribution in [0.4, 0.5) is 5.69 Å². The van der Waals surface area contributed by atoms with Gasteiger partial charge in [0.05, 0.1) is 10.6 Å². The quantitative estimate of drug-likeness (QED) is 0.661. The molecule has 0 aliphatic rings. The standard InChI is InChI=1S/C18H21ClN2O4S/c1-25-12-6-11-20-18(22)14-21(16-8-5-7-15(19)13-16)26(23,24)17-9-3-2-4-10-17/h2-5,7-10,13H,6,11-12,14H2,1H3,(H,20,22). The van der Waals surface area contributed by atoms with Gasteiger partial charge in [-0.3, -0.25) is 9.10 Å². The molecule has 0 heterocycles. The van der Waals surface area contributed by atoms with Gasteiger partial charge in [-0.05, 0) is 36.8 Å². The Hall–Kier alpha value is -2.09. The van der Waals surface area contributed by atoms with Crippen LogP contribution in [0.15, 0.2) is 59.5 Å². The van der Waals surface area contributed by atoms with E-state index in [0.717, 1.165) is 4.31 Å². The number of halogens is 1. The van der Waals surface area contributed by atoms with Gasteiger partial charge < -0.3 is 10.1 Å². The summed E-state index contributed by atoms with van der Waals surface area (Å²) in [6.45, 7) is 0.576. The lowest BCUT2D eigenvalue weighted by molar-refractivity contribution is -0.119. The minimum atomic E-state index is -3.91. The minimum Gasteiger partial charge on any atom is -0.385 e. The second kappa shape index (κ2) is 9.56. The zero-order valence-corrected chi connectivity index (χ0v) is 16.0. The van der Waals surface area contributed by atoms with Crippen molar-refractivity contribution in [3.05, 3.63) is 59.6 Å². The first kappa shape index (κ1) is 20.2. The Labute approximate surface area is 158 Å². The summed E-state index contributed by atoms with van der Waals surface area (Å²) in [5, 5.41) is 3.08. The smallest absolute Gasteiger partial charge is 0.264 e. The predicted octanol–water partition coefficient (Wildman–Crippen LogP) is 2.69. The molecule has 0 atom stereocenters. The molecule has 0 saturated carbocycles. The molecular formula is C18H21ClN2O4S. The van der Waals surface area contributed by atoms with Gasteiger partial charge in [0.15, 0.2) is 0 Å². The first-order valence-corrected chi connectivity index (χ1v) is 9.86. The largest absolute Gasteiger partial charge is 0.385 e. The zero-order valence-electron chi connectivity index (χ0n) is 14.4. The minimum absolute atomic E-state index is 0.104. The summed E-state index contributed by atoms with van der Waals surface area (Å²) in [6.07, 6.45) is 0.644. The highest BCUT2D eigenvalue weighted by Gasteiger charge is 2.27. The fraction of sp³-hybridized carbons (Fsp3) is 0.278. The maximum Gasteiger partial charge on any atom is 0.264 e. The van der Waals surface area contributed by atoms with E-state index in [1.54, 1.807) is 43.5 Å². The molecule has 8 heteroatoms. The van der Waals surface area contributed by atoms with E-state index in [-0.39, 0.29) is 11.4 Å². The van der Waals surface area contributed by atoms with Gasteiger partial charge in [-0.2, -0.15) is 0 Å². The molecule has 2 rings (SSSR count). The molecular weight excluding hydrogens is 376 g/mol. The van der Waals surface area contributed by atoms with Gasteiger partial charge in [-0.15, -0.1) is 0 Å². The van der Waals surface area contributed by atoms with Crippen LogP contribution in [0.25, 0.3) is 0 Å². The number of nitrogens with one attached hydrogen (secondary N) is 1. The number of carbonyl (C=O) groups is 1. The van der Waals surface area contributed by atoms with Crippen molar-refractivity contribution in [3.63, 3.8) is 0 Å². The average Bonchev–Trinajstić information content (AvgIpc) is 2.64. The molecule has 0 bridgehead atoms. The van der Waals surface area contributed by atoms with E-state index < -0.39 is 15.9 Å². The maximum atomic E-state index is 13.0. The number of carbonyl (C=O) groups excluding carboxylic acids is 1. The molecule has 2 aromatic rings. The summed E-state index contributed by atoms with van der Waals surface area (Å²) in [6, 6.07) is 14.4. The van der Waals surface area contributed by atoms with Gasteiger partial charge in [0.25, 0.3) is 10.0 Å². The van der Waals surface area contributed by atoms with Crippen LogP contribution in [0, 0.1) is 0 Å². The summed E-state index contributed by atoms with van der Waals surface area (Å²) < 4.78 is 32.1. The lowest BCUT2D eigenvalue weighted by Gasteiger charge is -2.24. The Morgan fingerprint density at radius 2 is 1.88 bits per heavy atom. The fourth-order valence-electron chi connectivity index (χ4n) is 2.30. The van der Waals surface area contributed by atoms with Crippen molar-refractivity contribution < 1.29 is 17.9 Å². The Morgan fingerprint density at radius 1 is 1.15 bits per heavy atom. The number of anilines is 1. The molecule has 0 aliphatic carbocycles. The van der Waals surface area contributed by atoms with Crippen LogP contribution in [0.2, 0.25) is 5.02 Å². The van der Waals surface area contributed by atoms with Crippen molar-refractivity contribution in [2.45, 2.75) is 11.3 Å². The van der Waals surface area contributed by atoms with Gasteiger partial charge in [-0.1, -0.05) is 35.9 Å². The normalized spacial score (nSPS) is 11.2. The van der Waals surface area contributed by atoms with E-state index in [1.807, 2.05) is 0 Å². The SMILES string of the molecule is COCCCNC(=O)CN(c1cccc(Cl)c1)S(=O)(=O)c1ccccc1. The third-order valence-corrected chi connectivity index (χ3v) is 5.59. The number of rotatable bonds is 9. The van der Waals surface area contributed by atoms with Crippen molar-refractivity contribution in [2.24, 2.45) is 0 Å². The zero-order chi connectivity index (χ0) is 19.0. The molecule has 0 aliphatic heterocycles. The van der Waals surface area contributed by atoms with Crippen LogP contribution in [-0.2, 0) is 19.6 Å². The van der Waals surface area contributed by atoms with Gasteiger partial charge in [0, 0.05) is 25.3 Å². The van der Waals surface area contributed by atoms with Gasteiger partial charge in [-0.25, -0.2) is 8.42 Å². The number of ether oxygens (including phenoxy) is 1. The average molecular weight is 397 g/mol. The second-order valence-corrected chi connectivity index (χ2v) is 7.80. The summed E-state index contributed by atoms with van der Waals surface area (Å²) in [5.41, 5.74) is 0.327. The molecule has 0 radical (unpaired) electrons. The molecule has 0 aromatic heterocycles. The van der Waals surface area contributed by atoms with Crippen LogP contribution in [0.3, 0.4) is 0 Å². The summed E-state index contributed by atoms with van der Waals surface area (Å²) in [7, 11) is -2.33. The number of hydrogen-bond acceptors (Lipinski definition) is 4.